The highest BCUT2D eigenvalue weighted by Crippen LogP contribution is 2.29. The molecule has 0 saturated carbocycles. The van der Waals surface area contributed by atoms with E-state index in [0.29, 0.717) is 23.0 Å². The zero-order valence-electron chi connectivity index (χ0n) is 18.6. The highest BCUT2D eigenvalue weighted by atomic mass is 16.5. The van der Waals surface area contributed by atoms with Crippen molar-refractivity contribution in [2.24, 2.45) is 0 Å². The molecule has 2 heterocycles. The van der Waals surface area contributed by atoms with Gasteiger partial charge < -0.3 is 18.4 Å². The lowest BCUT2D eigenvalue weighted by atomic mass is 10.1. The van der Waals surface area contributed by atoms with Gasteiger partial charge in [0.2, 0.25) is 5.89 Å². The molecule has 5 aromatic rings. The highest BCUT2D eigenvalue weighted by molar-refractivity contribution is 5.98. The van der Waals surface area contributed by atoms with E-state index in [2.05, 4.69) is 15.4 Å². The van der Waals surface area contributed by atoms with E-state index >= 15 is 0 Å². The first-order valence-corrected chi connectivity index (χ1v) is 10.7. The van der Waals surface area contributed by atoms with Gasteiger partial charge in [0, 0.05) is 5.56 Å². The standard InChI is InChI=1S/C26H21N3O5/c1-16-22(17(2)34-29-16)14-31-23-13-20-11-7-6-10-19(20)12-21(23)26(30)32-15-24-27-28-25(33-24)18-8-4-3-5-9-18/h3-13H,14-15H2,1-2H3. The van der Waals surface area contributed by atoms with Crippen LogP contribution in [0.5, 0.6) is 5.75 Å². The summed E-state index contributed by atoms with van der Waals surface area (Å²) in [6.45, 7) is 3.72. The third kappa shape index (κ3) is 4.38. The molecule has 0 bridgehead atoms. The van der Waals surface area contributed by atoms with Crippen molar-refractivity contribution in [2.45, 2.75) is 27.1 Å². The van der Waals surface area contributed by atoms with Gasteiger partial charge in [-0.3, -0.25) is 0 Å². The van der Waals surface area contributed by atoms with Gasteiger partial charge in [-0.25, -0.2) is 4.79 Å². The fourth-order valence-electron chi connectivity index (χ4n) is 3.57. The van der Waals surface area contributed by atoms with E-state index in [-0.39, 0.29) is 19.1 Å². The van der Waals surface area contributed by atoms with E-state index in [0.717, 1.165) is 27.6 Å². The molecule has 0 aliphatic rings. The molecule has 0 spiro atoms. The lowest BCUT2D eigenvalue weighted by Crippen LogP contribution is -2.09. The molecule has 0 fully saturated rings. The fraction of sp³-hybridized carbons (Fsp3) is 0.154. The molecule has 0 N–H and O–H groups in total. The average Bonchev–Trinajstić information content (AvgIpc) is 3.47. The summed E-state index contributed by atoms with van der Waals surface area (Å²) >= 11 is 0. The quantitative estimate of drug-likeness (QED) is 0.300. The Hall–Kier alpha value is -4.46. The predicted octanol–water partition coefficient (Wildman–Crippen LogP) is 5.43. The number of hydrogen-bond acceptors (Lipinski definition) is 8. The van der Waals surface area contributed by atoms with Gasteiger partial charge >= 0.3 is 5.97 Å². The van der Waals surface area contributed by atoms with Crippen LogP contribution in [0.2, 0.25) is 0 Å². The molecule has 0 atom stereocenters. The van der Waals surface area contributed by atoms with Gasteiger partial charge in [0.15, 0.2) is 6.61 Å². The summed E-state index contributed by atoms with van der Waals surface area (Å²) in [5.41, 5.74) is 2.67. The number of hydrogen-bond donors (Lipinski definition) is 0. The number of esters is 1. The van der Waals surface area contributed by atoms with E-state index in [1.807, 2.05) is 74.5 Å². The van der Waals surface area contributed by atoms with Gasteiger partial charge in [-0.1, -0.05) is 47.6 Å². The molecule has 5 rings (SSSR count). The van der Waals surface area contributed by atoms with Crippen LogP contribution in [0.4, 0.5) is 0 Å². The first kappa shape index (κ1) is 21.4. The highest BCUT2D eigenvalue weighted by Gasteiger charge is 2.19. The van der Waals surface area contributed by atoms with Gasteiger partial charge in [-0.05, 0) is 48.9 Å². The lowest BCUT2D eigenvalue weighted by Gasteiger charge is -2.12. The van der Waals surface area contributed by atoms with Gasteiger partial charge in [0.05, 0.1) is 11.3 Å². The zero-order valence-corrected chi connectivity index (χ0v) is 18.6. The Bertz CT molecular complexity index is 1440. The SMILES string of the molecule is Cc1noc(C)c1COc1cc2ccccc2cc1C(=O)OCc1nnc(-c2ccccc2)o1. The molecule has 0 radical (unpaired) electrons. The van der Waals surface area contributed by atoms with Crippen LogP contribution in [0.25, 0.3) is 22.2 Å². The summed E-state index contributed by atoms with van der Waals surface area (Å²) in [7, 11) is 0. The minimum absolute atomic E-state index is 0.158. The van der Waals surface area contributed by atoms with Crippen LogP contribution in [-0.4, -0.2) is 21.3 Å². The van der Waals surface area contributed by atoms with Crippen molar-refractivity contribution in [3.8, 4) is 17.2 Å². The summed E-state index contributed by atoms with van der Waals surface area (Å²) in [5.74, 6) is 1.08. The molecular weight excluding hydrogens is 434 g/mol. The Labute approximate surface area is 195 Å². The molecular formula is C26H21N3O5. The Morgan fingerprint density at radius 2 is 1.65 bits per heavy atom. The molecule has 8 heteroatoms. The largest absolute Gasteiger partial charge is 0.488 e. The number of carbonyl (C=O) groups excluding carboxylic acids is 1. The fourth-order valence-corrected chi connectivity index (χ4v) is 3.57. The minimum Gasteiger partial charge on any atom is -0.488 e. The summed E-state index contributed by atoms with van der Waals surface area (Å²) in [6, 6.07) is 20.7. The molecule has 170 valence electrons. The van der Waals surface area contributed by atoms with Gasteiger partial charge in [0.25, 0.3) is 5.89 Å². The van der Waals surface area contributed by atoms with Crippen LogP contribution < -0.4 is 4.74 Å². The number of aromatic nitrogens is 3. The van der Waals surface area contributed by atoms with Crippen molar-refractivity contribution >= 4 is 16.7 Å². The maximum Gasteiger partial charge on any atom is 0.342 e. The second-order valence-electron chi connectivity index (χ2n) is 7.73. The zero-order chi connectivity index (χ0) is 23.5. The van der Waals surface area contributed by atoms with Gasteiger partial charge in [0.1, 0.15) is 23.7 Å². The Kier molecular flexibility index (Phi) is 5.78. The number of nitrogens with zero attached hydrogens (tertiary/aromatic N) is 3. The molecule has 0 amide bonds. The van der Waals surface area contributed by atoms with Crippen molar-refractivity contribution in [1.82, 2.24) is 15.4 Å². The van der Waals surface area contributed by atoms with E-state index in [4.69, 9.17) is 18.4 Å². The third-order valence-electron chi connectivity index (χ3n) is 5.44. The number of carbonyl (C=O) groups is 1. The molecule has 0 saturated heterocycles. The predicted molar refractivity (Wildman–Crippen MR) is 123 cm³/mol. The molecule has 34 heavy (non-hydrogen) atoms. The first-order valence-electron chi connectivity index (χ1n) is 10.7. The van der Waals surface area contributed by atoms with Gasteiger partial charge in [-0.15, -0.1) is 10.2 Å². The number of aryl methyl sites for hydroxylation is 2. The van der Waals surface area contributed by atoms with Crippen LogP contribution >= 0.6 is 0 Å². The lowest BCUT2D eigenvalue weighted by molar-refractivity contribution is 0.0434. The summed E-state index contributed by atoms with van der Waals surface area (Å²) in [5, 5.41) is 13.8. The van der Waals surface area contributed by atoms with Crippen molar-refractivity contribution in [2.75, 3.05) is 0 Å². The monoisotopic (exact) mass is 455 g/mol. The normalized spacial score (nSPS) is 11.0. The van der Waals surface area contributed by atoms with Crippen molar-refractivity contribution in [3.05, 3.63) is 95.2 Å². The Morgan fingerprint density at radius 1 is 0.912 bits per heavy atom. The van der Waals surface area contributed by atoms with Crippen LogP contribution in [0, 0.1) is 13.8 Å². The maximum absolute atomic E-state index is 13.0. The topological polar surface area (TPSA) is 100 Å². The second-order valence-corrected chi connectivity index (χ2v) is 7.73. The Balaban J connectivity index is 1.36. The summed E-state index contributed by atoms with van der Waals surface area (Å²) in [6.07, 6.45) is 0. The van der Waals surface area contributed by atoms with E-state index < -0.39 is 5.97 Å². The summed E-state index contributed by atoms with van der Waals surface area (Å²) in [4.78, 5) is 13.0. The molecule has 3 aromatic carbocycles. The minimum atomic E-state index is -0.557. The first-order chi connectivity index (χ1) is 16.6. The summed E-state index contributed by atoms with van der Waals surface area (Å²) < 4.78 is 22.4. The second kappa shape index (κ2) is 9.19. The third-order valence-corrected chi connectivity index (χ3v) is 5.44. The van der Waals surface area contributed by atoms with Crippen molar-refractivity contribution in [1.29, 1.82) is 0 Å². The van der Waals surface area contributed by atoms with Crippen LogP contribution in [0.15, 0.2) is 75.7 Å². The number of rotatable bonds is 7. The molecule has 0 aliphatic carbocycles. The smallest absolute Gasteiger partial charge is 0.342 e. The van der Waals surface area contributed by atoms with Gasteiger partial charge in [-0.2, -0.15) is 0 Å². The van der Waals surface area contributed by atoms with Crippen LogP contribution in [0.3, 0.4) is 0 Å². The Morgan fingerprint density at radius 3 is 2.38 bits per heavy atom. The number of fused-ring (bicyclic) bond motifs is 1. The molecule has 0 aliphatic heterocycles. The molecule has 8 nitrogen and oxygen atoms in total. The van der Waals surface area contributed by atoms with E-state index in [1.165, 1.54) is 0 Å². The van der Waals surface area contributed by atoms with Crippen molar-refractivity contribution < 1.29 is 23.2 Å². The van der Waals surface area contributed by atoms with Crippen molar-refractivity contribution in [3.63, 3.8) is 0 Å². The van der Waals surface area contributed by atoms with E-state index in [9.17, 15) is 4.79 Å². The number of benzene rings is 3. The van der Waals surface area contributed by atoms with Crippen LogP contribution in [-0.2, 0) is 18.0 Å². The molecule has 2 aromatic heterocycles. The maximum atomic E-state index is 13.0. The molecule has 0 unspecified atom stereocenters. The van der Waals surface area contributed by atoms with E-state index in [1.54, 1.807) is 6.07 Å². The average molecular weight is 455 g/mol. The van der Waals surface area contributed by atoms with Crippen LogP contribution in [0.1, 0.15) is 33.3 Å². The number of ether oxygens (including phenoxy) is 2.